The van der Waals surface area contributed by atoms with Crippen LogP contribution in [0.25, 0.3) is 0 Å². The Morgan fingerprint density at radius 1 is 1.07 bits per heavy atom. The fourth-order valence-corrected chi connectivity index (χ4v) is 4.28. The number of hydrogen-bond acceptors (Lipinski definition) is 5. The molecule has 2 fully saturated rings. The Hall–Kier alpha value is -2.02. The van der Waals surface area contributed by atoms with Crippen LogP contribution in [0.2, 0.25) is 0 Å². The summed E-state index contributed by atoms with van der Waals surface area (Å²) in [6, 6.07) is 9.54. The van der Waals surface area contributed by atoms with Crippen molar-refractivity contribution >= 4 is 29.5 Å². The van der Waals surface area contributed by atoms with Gasteiger partial charge in [0.05, 0.1) is 11.5 Å². The Kier molecular flexibility index (Phi) is 7.98. The van der Waals surface area contributed by atoms with Crippen LogP contribution in [0, 0.1) is 0 Å². The summed E-state index contributed by atoms with van der Waals surface area (Å²) in [7, 11) is 1.85. The second kappa shape index (κ2) is 10.7. The number of thioether (sulfide) groups is 1. The fraction of sp³-hybridized carbons (Fsp3) is 0.591. The first kappa shape index (κ1) is 21.7. The molecule has 1 aromatic rings. The molecule has 6 nitrogen and oxygen atoms in total. The van der Waals surface area contributed by atoms with Gasteiger partial charge in [-0.2, -0.15) is 0 Å². The molecule has 1 N–H and O–H groups in total. The number of ether oxygens (including phenoxy) is 1. The number of nitrogens with zero attached hydrogens (tertiary/aromatic N) is 1. The van der Waals surface area contributed by atoms with Crippen LogP contribution in [0.1, 0.15) is 56.6 Å². The number of esters is 1. The van der Waals surface area contributed by atoms with Gasteiger partial charge in [-0.1, -0.05) is 49.6 Å². The minimum absolute atomic E-state index is 0.0424. The lowest BCUT2D eigenvalue weighted by molar-refractivity contribution is -0.154. The van der Waals surface area contributed by atoms with E-state index in [9.17, 15) is 14.4 Å². The van der Waals surface area contributed by atoms with Gasteiger partial charge in [-0.05, 0) is 25.7 Å². The van der Waals surface area contributed by atoms with Crippen molar-refractivity contribution in [2.45, 2.75) is 63.1 Å². The third kappa shape index (κ3) is 6.77. The molecule has 0 unspecified atom stereocenters. The van der Waals surface area contributed by atoms with E-state index in [1.807, 2.05) is 30.1 Å². The third-order valence-corrected chi connectivity index (χ3v) is 6.37. The highest BCUT2D eigenvalue weighted by Gasteiger charge is 2.31. The molecular weight excluding hydrogens is 388 g/mol. The van der Waals surface area contributed by atoms with E-state index in [-0.39, 0.29) is 29.4 Å². The Bertz CT molecular complexity index is 702. The number of carbonyl (C=O) groups excluding carboxylic acids is 3. The van der Waals surface area contributed by atoms with E-state index in [1.165, 1.54) is 31.0 Å². The molecule has 1 atom stereocenters. The van der Waals surface area contributed by atoms with E-state index in [0.717, 1.165) is 25.7 Å². The van der Waals surface area contributed by atoms with Crippen LogP contribution in [0.15, 0.2) is 30.3 Å². The molecule has 0 aliphatic heterocycles. The second-order valence-corrected chi connectivity index (χ2v) is 8.84. The van der Waals surface area contributed by atoms with Gasteiger partial charge in [-0.15, -0.1) is 11.8 Å². The summed E-state index contributed by atoms with van der Waals surface area (Å²) < 4.78 is 5.49. The van der Waals surface area contributed by atoms with Crippen LogP contribution in [-0.2, 0) is 19.1 Å². The lowest BCUT2D eigenvalue weighted by Crippen LogP contribution is -2.39. The monoisotopic (exact) mass is 418 g/mol. The molecule has 0 heterocycles. The zero-order valence-electron chi connectivity index (χ0n) is 17.0. The van der Waals surface area contributed by atoms with Crippen LogP contribution < -0.4 is 5.32 Å². The largest absolute Gasteiger partial charge is 0.447 e. The number of carbonyl (C=O) groups is 3. The molecule has 2 amide bonds. The smallest absolute Gasteiger partial charge is 0.317 e. The number of rotatable bonds is 9. The van der Waals surface area contributed by atoms with Gasteiger partial charge in [-0.3, -0.25) is 14.4 Å². The zero-order chi connectivity index (χ0) is 20.6. The number of hydrogen-bond donors (Lipinski definition) is 1. The number of amides is 2. The van der Waals surface area contributed by atoms with E-state index >= 15 is 0 Å². The minimum Gasteiger partial charge on any atom is -0.447 e. The maximum absolute atomic E-state index is 12.5. The van der Waals surface area contributed by atoms with E-state index in [4.69, 9.17) is 4.74 Å². The van der Waals surface area contributed by atoms with Crippen molar-refractivity contribution < 1.29 is 19.1 Å². The van der Waals surface area contributed by atoms with Crippen LogP contribution in [0.3, 0.4) is 0 Å². The maximum atomic E-state index is 12.5. The lowest BCUT2D eigenvalue weighted by Gasteiger charge is -2.31. The predicted octanol–water partition coefficient (Wildman–Crippen LogP) is 3.07. The van der Waals surface area contributed by atoms with Gasteiger partial charge < -0.3 is 15.0 Å². The summed E-state index contributed by atoms with van der Waals surface area (Å²) in [6.45, 7) is 0. The average Bonchev–Trinajstić information content (AvgIpc) is 3.56. The van der Waals surface area contributed by atoms with E-state index in [1.54, 1.807) is 12.1 Å². The second-order valence-electron chi connectivity index (χ2n) is 7.85. The molecule has 0 spiro atoms. The van der Waals surface area contributed by atoms with Gasteiger partial charge >= 0.3 is 5.97 Å². The highest BCUT2D eigenvalue weighted by Crippen LogP contribution is 2.24. The van der Waals surface area contributed by atoms with Crippen molar-refractivity contribution in [1.29, 1.82) is 0 Å². The maximum Gasteiger partial charge on any atom is 0.317 e. The molecule has 7 heteroatoms. The first-order chi connectivity index (χ1) is 14.0. The van der Waals surface area contributed by atoms with Crippen molar-refractivity contribution in [2.75, 3.05) is 18.6 Å². The van der Waals surface area contributed by atoms with Gasteiger partial charge in [0.2, 0.25) is 12.0 Å². The molecule has 0 radical (unpaired) electrons. The molecular formula is C22H30N2O4S. The van der Waals surface area contributed by atoms with Crippen molar-refractivity contribution in [2.24, 2.45) is 0 Å². The van der Waals surface area contributed by atoms with Crippen molar-refractivity contribution in [3.8, 4) is 0 Å². The SMILES string of the molecule is CN(C(=O)CSCC(=O)O[C@@H](C(=O)NC1CC1)c1ccccc1)C1CCCCC1. The quantitative estimate of drug-likeness (QED) is 0.624. The van der Waals surface area contributed by atoms with Crippen LogP contribution in [0.5, 0.6) is 0 Å². The minimum atomic E-state index is -0.953. The molecule has 2 saturated carbocycles. The summed E-state index contributed by atoms with van der Waals surface area (Å²) in [6.07, 6.45) is 6.69. The molecule has 2 aliphatic rings. The van der Waals surface area contributed by atoms with Gasteiger partial charge in [0.25, 0.3) is 5.91 Å². The van der Waals surface area contributed by atoms with E-state index in [2.05, 4.69) is 5.32 Å². The molecule has 158 valence electrons. The van der Waals surface area contributed by atoms with E-state index < -0.39 is 12.1 Å². The first-order valence-corrected chi connectivity index (χ1v) is 11.6. The summed E-state index contributed by atoms with van der Waals surface area (Å²) >= 11 is 1.24. The average molecular weight is 419 g/mol. The van der Waals surface area contributed by atoms with Crippen LogP contribution in [0.4, 0.5) is 0 Å². The fourth-order valence-electron chi connectivity index (χ4n) is 3.57. The van der Waals surface area contributed by atoms with Gasteiger partial charge in [0.15, 0.2) is 0 Å². The topological polar surface area (TPSA) is 75.7 Å². The Morgan fingerprint density at radius 2 is 1.76 bits per heavy atom. The molecule has 1 aromatic carbocycles. The third-order valence-electron chi connectivity index (χ3n) is 5.47. The molecule has 0 saturated heterocycles. The van der Waals surface area contributed by atoms with Crippen molar-refractivity contribution in [3.63, 3.8) is 0 Å². The van der Waals surface area contributed by atoms with Crippen molar-refractivity contribution in [3.05, 3.63) is 35.9 Å². The van der Waals surface area contributed by atoms with Gasteiger partial charge in [-0.25, -0.2) is 0 Å². The lowest BCUT2D eigenvalue weighted by atomic mass is 9.94. The Labute approximate surface area is 176 Å². The Morgan fingerprint density at radius 3 is 2.41 bits per heavy atom. The number of nitrogens with one attached hydrogen (secondary N) is 1. The summed E-state index contributed by atoms with van der Waals surface area (Å²) in [5.41, 5.74) is 0.650. The molecule has 29 heavy (non-hydrogen) atoms. The zero-order valence-corrected chi connectivity index (χ0v) is 17.8. The predicted molar refractivity (Wildman–Crippen MR) is 113 cm³/mol. The molecule has 0 aromatic heterocycles. The molecule has 2 aliphatic carbocycles. The summed E-state index contributed by atoms with van der Waals surface area (Å²) in [5, 5.41) is 2.90. The molecule has 3 rings (SSSR count). The highest BCUT2D eigenvalue weighted by molar-refractivity contribution is 8.00. The summed E-state index contributed by atoms with van der Waals surface area (Å²) in [5.74, 6) is -0.440. The van der Waals surface area contributed by atoms with Crippen LogP contribution >= 0.6 is 11.8 Å². The van der Waals surface area contributed by atoms with Gasteiger partial charge in [0, 0.05) is 24.7 Å². The summed E-state index contributed by atoms with van der Waals surface area (Å²) in [4.78, 5) is 39.1. The number of benzene rings is 1. The van der Waals surface area contributed by atoms with Crippen LogP contribution in [-0.4, -0.2) is 53.3 Å². The van der Waals surface area contributed by atoms with Crippen molar-refractivity contribution in [1.82, 2.24) is 10.2 Å². The van der Waals surface area contributed by atoms with Gasteiger partial charge in [0.1, 0.15) is 0 Å². The Balaban J connectivity index is 1.46. The normalized spacial score (nSPS) is 18.0. The standard InChI is InChI=1S/C22H30N2O4S/c1-24(18-10-6-3-7-11-18)19(25)14-29-15-20(26)28-21(16-8-4-2-5-9-16)22(27)23-17-12-13-17/h2,4-5,8-9,17-18,21H,3,6-7,10-15H2,1H3,(H,23,27)/t21-/m1/s1. The first-order valence-electron chi connectivity index (χ1n) is 10.4. The highest BCUT2D eigenvalue weighted by atomic mass is 32.2. The van der Waals surface area contributed by atoms with E-state index in [0.29, 0.717) is 11.6 Å². The molecule has 0 bridgehead atoms.